The summed E-state index contributed by atoms with van der Waals surface area (Å²) >= 11 is 0. The Morgan fingerprint density at radius 2 is 2.06 bits per heavy atom. The molecule has 0 radical (unpaired) electrons. The van der Waals surface area contributed by atoms with E-state index in [0.717, 1.165) is 0 Å². The minimum absolute atomic E-state index is 0.0228. The van der Waals surface area contributed by atoms with Crippen LogP contribution in [0.2, 0.25) is 0 Å². The molecule has 1 heterocycles. The molecule has 0 bridgehead atoms. The second kappa shape index (κ2) is 6.04. The molecule has 7 nitrogen and oxygen atoms in total. The van der Waals surface area contributed by atoms with Crippen LogP contribution in [0.4, 0.5) is 4.79 Å². The van der Waals surface area contributed by atoms with E-state index in [4.69, 9.17) is 9.26 Å². The predicted molar refractivity (Wildman–Crippen MR) is 61.5 cm³/mol. The molecule has 0 aliphatic carbocycles. The molecule has 0 atom stereocenters. The second-order valence-electron chi connectivity index (χ2n) is 3.51. The molecular weight excluding hydrogens is 240 g/mol. The number of hydrogen-bond acceptors (Lipinski definition) is 6. The largest absolute Gasteiger partial charge is 0.513 e. The fourth-order valence-electron chi connectivity index (χ4n) is 1.23. The van der Waals surface area contributed by atoms with Gasteiger partial charge in [0, 0.05) is 20.0 Å². The lowest BCUT2D eigenvalue weighted by atomic mass is 10.2. The monoisotopic (exact) mass is 256 g/mol. The summed E-state index contributed by atoms with van der Waals surface area (Å²) in [5, 5.41) is 3.64. The van der Waals surface area contributed by atoms with Gasteiger partial charge in [-0.2, -0.15) is 0 Å². The van der Waals surface area contributed by atoms with Gasteiger partial charge >= 0.3 is 6.16 Å². The maximum Gasteiger partial charge on any atom is 0.513 e. The lowest BCUT2D eigenvalue weighted by Crippen LogP contribution is -2.27. The van der Waals surface area contributed by atoms with Gasteiger partial charge in [-0.25, -0.2) is 4.79 Å². The molecule has 0 aliphatic heterocycles. The van der Waals surface area contributed by atoms with Gasteiger partial charge in [-0.05, 0) is 6.92 Å². The summed E-state index contributed by atoms with van der Waals surface area (Å²) in [5.41, 5.74) is -0.0263. The Bertz CT molecular complexity index is 441. The van der Waals surface area contributed by atoms with Gasteiger partial charge in [-0.15, -0.1) is 0 Å². The molecule has 7 heteroatoms. The second-order valence-corrected chi connectivity index (χ2v) is 3.51. The van der Waals surface area contributed by atoms with Crippen molar-refractivity contribution in [3.05, 3.63) is 11.5 Å². The van der Waals surface area contributed by atoms with Crippen molar-refractivity contribution in [1.29, 1.82) is 0 Å². The van der Waals surface area contributed by atoms with E-state index in [2.05, 4.69) is 9.89 Å². The van der Waals surface area contributed by atoms with Crippen molar-refractivity contribution in [2.24, 2.45) is 0 Å². The number of ether oxygens (including phenoxy) is 2. The molecule has 18 heavy (non-hydrogen) atoms. The number of methoxy groups -OCH3 is 1. The lowest BCUT2D eigenvalue weighted by Gasteiger charge is -2.12. The summed E-state index contributed by atoms with van der Waals surface area (Å²) in [4.78, 5) is 24.5. The third-order valence-corrected chi connectivity index (χ3v) is 2.41. The van der Waals surface area contributed by atoms with Gasteiger partial charge in [0.25, 0.3) is 5.91 Å². The molecule has 0 N–H and O–H groups in total. The van der Waals surface area contributed by atoms with Crippen LogP contribution in [0.15, 0.2) is 4.52 Å². The van der Waals surface area contributed by atoms with Crippen LogP contribution < -0.4 is 4.74 Å². The van der Waals surface area contributed by atoms with Crippen LogP contribution >= 0.6 is 0 Å². The summed E-state index contributed by atoms with van der Waals surface area (Å²) < 4.78 is 14.3. The fourth-order valence-corrected chi connectivity index (χ4v) is 1.23. The van der Waals surface area contributed by atoms with Gasteiger partial charge < -0.3 is 18.9 Å². The van der Waals surface area contributed by atoms with E-state index < -0.39 is 6.16 Å². The van der Waals surface area contributed by atoms with Gasteiger partial charge in [0.15, 0.2) is 5.76 Å². The standard InChI is InChI=1S/C11H16N2O5/c1-5-7-9(17-11(15)16-4)8(12-18-7)10(14)13(3)6-2/h5-6H2,1-4H3. The van der Waals surface area contributed by atoms with Crippen LogP contribution in [0, 0.1) is 0 Å². The third kappa shape index (κ3) is 2.79. The predicted octanol–water partition coefficient (Wildman–Crippen LogP) is 1.47. The van der Waals surface area contributed by atoms with Crippen LogP contribution in [0.5, 0.6) is 5.75 Å². The molecule has 1 amide bonds. The van der Waals surface area contributed by atoms with Crippen LogP contribution in [0.25, 0.3) is 0 Å². The summed E-state index contributed by atoms with van der Waals surface area (Å²) in [7, 11) is 2.80. The van der Waals surface area contributed by atoms with Gasteiger partial charge in [0.05, 0.1) is 7.11 Å². The topological polar surface area (TPSA) is 81.9 Å². The van der Waals surface area contributed by atoms with E-state index in [1.54, 1.807) is 14.0 Å². The first-order valence-electron chi connectivity index (χ1n) is 5.54. The molecule has 1 rings (SSSR count). The zero-order valence-corrected chi connectivity index (χ0v) is 10.8. The van der Waals surface area contributed by atoms with E-state index in [1.165, 1.54) is 12.0 Å². The number of hydrogen-bond donors (Lipinski definition) is 0. The zero-order valence-electron chi connectivity index (χ0n) is 10.8. The Kier molecular flexibility index (Phi) is 4.70. The average Bonchev–Trinajstić information content (AvgIpc) is 2.79. The molecule has 0 saturated heterocycles. The SMILES string of the molecule is CCc1onc(C(=O)N(C)CC)c1OC(=O)OC. The van der Waals surface area contributed by atoms with Gasteiger partial charge in [0.1, 0.15) is 0 Å². The Morgan fingerprint density at radius 1 is 1.39 bits per heavy atom. The average molecular weight is 256 g/mol. The van der Waals surface area contributed by atoms with Gasteiger partial charge in [-0.1, -0.05) is 12.1 Å². The van der Waals surface area contributed by atoms with Crippen molar-refractivity contribution in [1.82, 2.24) is 10.1 Å². The third-order valence-electron chi connectivity index (χ3n) is 2.41. The minimum Gasteiger partial charge on any atom is -0.437 e. The van der Waals surface area contributed by atoms with Crippen molar-refractivity contribution in [2.75, 3.05) is 20.7 Å². The Labute approximate surface area is 105 Å². The first kappa shape index (κ1) is 14.0. The van der Waals surface area contributed by atoms with Gasteiger partial charge in [0.2, 0.25) is 11.4 Å². The Hall–Kier alpha value is -2.05. The molecule has 100 valence electrons. The van der Waals surface area contributed by atoms with Crippen molar-refractivity contribution in [2.45, 2.75) is 20.3 Å². The lowest BCUT2D eigenvalue weighted by molar-refractivity contribution is 0.0787. The smallest absolute Gasteiger partial charge is 0.437 e. The van der Waals surface area contributed by atoms with Crippen LogP contribution in [0.1, 0.15) is 30.1 Å². The highest BCUT2D eigenvalue weighted by Gasteiger charge is 2.26. The molecule has 0 aliphatic rings. The molecule has 1 aromatic heterocycles. The van der Waals surface area contributed by atoms with Gasteiger partial charge in [-0.3, -0.25) is 4.79 Å². The quantitative estimate of drug-likeness (QED) is 0.759. The Morgan fingerprint density at radius 3 is 2.56 bits per heavy atom. The highest BCUT2D eigenvalue weighted by Crippen LogP contribution is 2.25. The molecule has 0 unspecified atom stereocenters. The summed E-state index contributed by atoms with van der Waals surface area (Å²) in [5.74, 6) is -0.0252. The van der Waals surface area contributed by atoms with E-state index in [0.29, 0.717) is 18.7 Å². The minimum atomic E-state index is -0.916. The zero-order chi connectivity index (χ0) is 13.7. The summed E-state index contributed by atoms with van der Waals surface area (Å²) in [6.07, 6.45) is -0.469. The van der Waals surface area contributed by atoms with E-state index in [9.17, 15) is 9.59 Å². The van der Waals surface area contributed by atoms with E-state index >= 15 is 0 Å². The summed E-state index contributed by atoms with van der Waals surface area (Å²) in [6.45, 7) is 4.12. The number of amides is 1. The van der Waals surface area contributed by atoms with Crippen molar-refractivity contribution < 1.29 is 23.6 Å². The number of nitrogens with zero attached hydrogens (tertiary/aromatic N) is 2. The number of aryl methyl sites for hydroxylation is 1. The molecule has 0 spiro atoms. The van der Waals surface area contributed by atoms with Crippen LogP contribution in [-0.2, 0) is 11.2 Å². The highest BCUT2D eigenvalue weighted by molar-refractivity contribution is 5.95. The molecule has 0 fully saturated rings. The van der Waals surface area contributed by atoms with E-state index in [-0.39, 0.29) is 17.4 Å². The maximum atomic E-state index is 12.0. The number of carbonyl (C=O) groups is 2. The summed E-state index contributed by atoms with van der Waals surface area (Å²) in [6, 6.07) is 0. The molecule has 1 aromatic rings. The number of rotatable bonds is 4. The first-order chi connectivity index (χ1) is 8.54. The Balaban J connectivity index is 3.08. The molecular formula is C11H16N2O5. The van der Waals surface area contributed by atoms with Crippen molar-refractivity contribution >= 4 is 12.1 Å². The van der Waals surface area contributed by atoms with Crippen molar-refractivity contribution in [3.8, 4) is 5.75 Å². The molecule has 0 saturated carbocycles. The number of carbonyl (C=O) groups excluding carboxylic acids is 2. The van der Waals surface area contributed by atoms with E-state index in [1.807, 2.05) is 6.92 Å². The van der Waals surface area contributed by atoms with Crippen LogP contribution in [-0.4, -0.2) is 42.8 Å². The number of aromatic nitrogens is 1. The first-order valence-corrected chi connectivity index (χ1v) is 5.54. The highest BCUT2D eigenvalue weighted by atomic mass is 16.7. The van der Waals surface area contributed by atoms with Crippen molar-refractivity contribution in [3.63, 3.8) is 0 Å². The maximum absolute atomic E-state index is 12.0. The normalized spacial score (nSPS) is 10.0. The van der Waals surface area contributed by atoms with Crippen LogP contribution in [0.3, 0.4) is 0 Å². The molecule has 0 aromatic carbocycles. The fraction of sp³-hybridized carbons (Fsp3) is 0.545.